The molecule has 5 nitrogen and oxygen atoms in total. The van der Waals surface area contributed by atoms with E-state index >= 15 is 0 Å². The van der Waals surface area contributed by atoms with Gasteiger partial charge in [-0.1, -0.05) is 0 Å². The number of halogens is 3. The van der Waals surface area contributed by atoms with E-state index in [4.69, 9.17) is 23.8 Å². The minimum absolute atomic E-state index is 0.205. The van der Waals surface area contributed by atoms with Crippen LogP contribution in [0, 0.1) is 12.8 Å². The molecular formula is C23H27F3O5S. The van der Waals surface area contributed by atoms with Crippen LogP contribution in [0.5, 0.6) is 11.5 Å². The lowest BCUT2D eigenvalue weighted by Gasteiger charge is -2.18. The van der Waals surface area contributed by atoms with E-state index in [-0.39, 0.29) is 12.1 Å². The zero-order chi connectivity index (χ0) is 24.0. The van der Waals surface area contributed by atoms with Crippen molar-refractivity contribution in [3.05, 3.63) is 53.6 Å². The molecule has 1 atom stereocenters. The molecular weight excluding hydrogens is 445 g/mol. The van der Waals surface area contributed by atoms with Crippen LogP contribution >= 0.6 is 11.8 Å². The highest BCUT2D eigenvalue weighted by molar-refractivity contribution is 7.99. The fraction of sp³-hybridized carbons (Fsp3) is 0.435. The monoisotopic (exact) mass is 472 g/mol. The number of hydrogen-bond acceptors (Lipinski definition) is 6. The van der Waals surface area contributed by atoms with Crippen molar-refractivity contribution in [2.24, 2.45) is 5.92 Å². The Morgan fingerprint density at radius 3 is 2.28 bits per heavy atom. The summed E-state index contributed by atoms with van der Waals surface area (Å²) in [7, 11) is 1.65. The van der Waals surface area contributed by atoms with Gasteiger partial charge in [0.2, 0.25) is 0 Å². The van der Waals surface area contributed by atoms with Gasteiger partial charge >= 0.3 is 12.3 Å². The molecule has 0 heterocycles. The Morgan fingerprint density at radius 1 is 1.09 bits per heavy atom. The van der Waals surface area contributed by atoms with Crippen LogP contribution in [0.3, 0.4) is 0 Å². The Labute approximate surface area is 190 Å². The summed E-state index contributed by atoms with van der Waals surface area (Å²) in [6.45, 7) is 5.64. The van der Waals surface area contributed by atoms with Crippen LogP contribution in [-0.2, 0) is 20.5 Å². The highest BCUT2D eigenvalue weighted by Crippen LogP contribution is 2.31. The molecule has 0 spiro atoms. The van der Waals surface area contributed by atoms with Crippen LogP contribution in [0.25, 0.3) is 0 Å². The number of benzene rings is 2. The van der Waals surface area contributed by atoms with Gasteiger partial charge in [0, 0.05) is 29.8 Å². The first kappa shape index (κ1) is 27.6. The van der Waals surface area contributed by atoms with Crippen molar-refractivity contribution in [3.8, 4) is 11.5 Å². The molecule has 0 radical (unpaired) electrons. The molecule has 0 bridgehead atoms. The molecule has 0 aliphatic rings. The number of thioether (sulfide) groups is 1. The van der Waals surface area contributed by atoms with Gasteiger partial charge in [-0.25, -0.2) is 0 Å². The molecule has 0 aliphatic heterocycles. The molecule has 32 heavy (non-hydrogen) atoms. The maximum atomic E-state index is 12.7. The minimum atomic E-state index is -4.34. The second kappa shape index (κ2) is 14.6. The molecule has 176 valence electrons. The van der Waals surface area contributed by atoms with Gasteiger partial charge < -0.3 is 14.2 Å². The quantitative estimate of drug-likeness (QED) is 0.311. The van der Waals surface area contributed by atoms with Crippen LogP contribution in [0.2, 0.25) is 0 Å². The number of methoxy groups -OCH3 is 1. The molecule has 0 fully saturated rings. The lowest BCUT2D eigenvalue weighted by molar-refractivity contribution is -0.191. The summed E-state index contributed by atoms with van der Waals surface area (Å²) in [5.74, 6) is 2.31. The molecule has 2 aromatic carbocycles. The number of carbonyl (C=O) groups excluding carboxylic acids is 2. The van der Waals surface area contributed by atoms with Crippen molar-refractivity contribution in [1.29, 1.82) is 0 Å². The van der Waals surface area contributed by atoms with E-state index in [0.717, 1.165) is 40.5 Å². The summed E-state index contributed by atoms with van der Waals surface area (Å²) < 4.78 is 54.6. The van der Waals surface area contributed by atoms with E-state index in [2.05, 4.69) is 6.07 Å². The second-order valence-electron chi connectivity index (χ2n) is 6.71. The summed E-state index contributed by atoms with van der Waals surface area (Å²) in [5.41, 5.74) is 0.396. The van der Waals surface area contributed by atoms with Crippen LogP contribution in [-0.4, -0.2) is 38.8 Å². The average molecular weight is 473 g/mol. The summed E-state index contributed by atoms with van der Waals surface area (Å²) >= 11 is 1.72. The summed E-state index contributed by atoms with van der Waals surface area (Å²) in [4.78, 5) is 17.4. The number of hydrogen-bond donors (Lipinski definition) is 0. The molecule has 2 rings (SSSR count). The van der Waals surface area contributed by atoms with E-state index in [0.29, 0.717) is 25.6 Å². The number of alkyl halides is 3. The number of rotatable bonds is 11. The Balaban J connectivity index is 0.00000161. The average Bonchev–Trinajstić information content (AvgIpc) is 2.75. The van der Waals surface area contributed by atoms with Crippen LogP contribution in [0.1, 0.15) is 24.5 Å². The first-order chi connectivity index (χ1) is 15.2. The van der Waals surface area contributed by atoms with E-state index in [1.54, 1.807) is 18.9 Å². The SMILES string of the molecule is CCOCCC(COc1ccc(C(F)(F)F)cc1)CSc1ccc(OC)c(C)c1.O=C=O. The number of ether oxygens (including phenoxy) is 3. The molecule has 2 aromatic rings. The van der Waals surface area contributed by atoms with Gasteiger partial charge in [0.05, 0.1) is 19.3 Å². The molecule has 0 amide bonds. The lowest BCUT2D eigenvalue weighted by atomic mass is 10.1. The van der Waals surface area contributed by atoms with Crippen LogP contribution in [0.15, 0.2) is 47.4 Å². The van der Waals surface area contributed by atoms with E-state index in [1.807, 2.05) is 26.0 Å². The maximum absolute atomic E-state index is 12.7. The van der Waals surface area contributed by atoms with Gasteiger partial charge in [-0.15, -0.1) is 11.8 Å². The molecule has 1 unspecified atom stereocenters. The van der Waals surface area contributed by atoms with Crippen molar-refractivity contribution >= 4 is 17.9 Å². The van der Waals surface area contributed by atoms with Gasteiger partial charge in [0.15, 0.2) is 0 Å². The smallest absolute Gasteiger partial charge is 0.416 e. The minimum Gasteiger partial charge on any atom is -0.496 e. The Kier molecular flexibility index (Phi) is 12.5. The predicted molar refractivity (Wildman–Crippen MR) is 115 cm³/mol. The first-order valence-electron chi connectivity index (χ1n) is 9.89. The van der Waals surface area contributed by atoms with Crippen molar-refractivity contribution < 1.29 is 37.0 Å². The van der Waals surface area contributed by atoms with Gasteiger partial charge in [-0.05, 0) is 68.3 Å². The third kappa shape index (κ3) is 10.2. The summed E-state index contributed by atoms with van der Waals surface area (Å²) in [6.07, 6.45) is -3.28. The highest BCUT2D eigenvalue weighted by atomic mass is 32.2. The fourth-order valence-electron chi connectivity index (χ4n) is 2.72. The normalized spacial score (nSPS) is 11.7. The molecule has 0 saturated heterocycles. The lowest BCUT2D eigenvalue weighted by Crippen LogP contribution is -2.17. The molecule has 0 aromatic heterocycles. The largest absolute Gasteiger partial charge is 0.496 e. The van der Waals surface area contributed by atoms with Crippen molar-refractivity contribution in [2.45, 2.75) is 31.3 Å². The summed E-state index contributed by atoms with van der Waals surface area (Å²) in [5, 5.41) is 0. The van der Waals surface area contributed by atoms with Crippen molar-refractivity contribution in [1.82, 2.24) is 0 Å². The maximum Gasteiger partial charge on any atom is 0.416 e. The third-order valence-electron chi connectivity index (χ3n) is 4.39. The molecule has 0 N–H and O–H groups in total. The van der Waals surface area contributed by atoms with Crippen LogP contribution in [0.4, 0.5) is 13.2 Å². The number of aryl methyl sites for hydroxylation is 1. The second-order valence-corrected chi connectivity index (χ2v) is 7.80. The zero-order valence-electron chi connectivity index (χ0n) is 18.2. The fourth-order valence-corrected chi connectivity index (χ4v) is 3.83. The predicted octanol–water partition coefficient (Wildman–Crippen LogP) is 5.65. The van der Waals surface area contributed by atoms with Gasteiger partial charge in [-0.3, -0.25) is 0 Å². The Morgan fingerprint density at radius 2 is 1.75 bits per heavy atom. The topological polar surface area (TPSA) is 61.8 Å². The summed E-state index contributed by atoms with van der Waals surface area (Å²) in [6, 6.07) is 10.9. The van der Waals surface area contributed by atoms with E-state index in [1.165, 1.54) is 12.1 Å². The van der Waals surface area contributed by atoms with E-state index < -0.39 is 11.7 Å². The first-order valence-corrected chi connectivity index (χ1v) is 10.9. The van der Waals surface area contributed by atoms with E-state index in [9.17, 15) is 13.2 Å². The molecule has 9 heteroatoms. The Bertz CT molecular complexity index is 835. The third-order valence-corrected chi connectivity index (χ3v) is 5.62. The van der Waals surface area contributed by atoms with Crippen molar-refractivity contribution in [2.75, 3.05) is 32.7 Å². The van der Waals surface area contributed by atoms with Crippen molar-refractivity contribution in [3.63, 3.8) is 0 Å². The molecule has 0 aliphatic carbocycles. The van der Waals surface area contributed by atoms with Gasteiger partial charge in [0.1, 0.15) is 11.5 Å². The highest BCUT2D eigenvalue weighted by Gasteiger charge is 2.30. The van der Waals surface area contributed by atoms with Crippen LogP contribution < -0.4 is 9.47 Å². The van der Waals surface area contributed by atoms with Gasteiger partial charge in [-0.2, -0.15) is 22.8 Å². The zero-order valence-corrected chi connectivity index (χ0v) is 19.1. The Hall–Kier alpha value is -2.48. The van der Waals surface area contributed by atoms with Gasteiger partial charge in [0.25, 0.3) is 0 Å². The standard InChI is InChI=1S/C22H27F3O3S.CO2/c1-4-27-12-11-17(15-29-20-9-10-21(26-3)16(2)13-20)14-28-19-7-5-18(6-8-19)22(23,24)25;2-1-3/h5-10,13,17H,4,11-12,14-15H2,1-3H3;. The molecule has 0 saturated carbocycles.